The lowest BCUT2D eigenvalue weighted by Crippen LogP contribution is -2.29. The van der Waals surface area contributed by atoms with Crippen molar-refractivity contribution in [1.29, 1.82) is 0 Å². The molecule has 108 valence electrons. The zero-order valence-electron chi connectivity index (χ0n) is 12.1. The summed E-state index contributed by atoms with van der Waals surface area (Å²) in [7, 11) is 3.09. The first kappa shape index (κ1) is 16.1. The summed E-state index contributed by atoms with van der Waals surface area (Å²) in [6, 6.07) is 0. The fourth-order valence-electron chi connectivity index (χ4n) is 1.64. The lowest BCUT2D eigenvalue weighted by Gasteiger charge is -2.20. The van der Waals surface area contributed by atoms with Crippen molar-refractivity contribution < 1.29 is 14.3 Å². The average molecular weight is 286 g/mol. The van der Waals surface area contributed by atoms with Crippen LogP contribution in [0.5, 0.6) is 0 Å². The van der Waals surface area contributed by atoms with E-state index in [9.17, 15) is 4.79 Å². The van der Waals surface area contributed by atoms with Gasteiger partial charge in [-0.15, -0.1) is 11.3 Å². The highest BCUT2D eigenvalue weighted by Gasteiger charge is 2.12. The van der Waals surface area contributed by atoms with Gasteiger partial charge in [-0.05, 0) is 13.8 Å². The number of carbonyl (C=O) groups is 1. The fraction of sp³-hybridized carbons (Fsp3) is 0.692. The molecule has 1 rings (SSSR count). The van der Waals surface area contributed by atoms with Gasteiger partial charge in [0, 0.05) is 25.1 Å². The maximum Gasteiger partial charge on any atom is 0.306 e. The molecule has 0 bridgehead atoms. The second kappa shape index (κ2) is 8.24. The number of thiazole rings is 1. The number of rotatable bonds is 8. The molecule has 0 aliphatic rings. The van der Waals surface area contributed by atoms with Crippen molar-refractivity contribution in [2.24, 2.45) is 0 Å². The van der Waals surface area contributed by atoms with Crippen LogP contribution in [-0.2, 0) is 20.8 Å². The fourth-order valence-corrected chi connectivity index (χ4v) is 2.62. The highest BCUT2D eigenvalue weighted by molar-refractivity contribution is 7.11. The van der Waals surface area contributed by atoms with Crippen LogP contribution in [0.1, 0.15) is 22.0 Å². The lowest BCUT2D eigenvalue weighted by molar-refractivity contribution is -0.141. The van der Waals surface area contributed by atoms with Gasteiger partial charge in [0.05, 0.1) is 32.4 Å². The third-order valence-corrected chi connectivity index (χ3v) is 3.96. The van der Waals surface area contributed by atoms with Gasteiger partial charge in [-0.25, -0.2) is 4.98 Å². The number of ether oxygens (including phenoxy) is 2. The molecule has 5 nitrogen and oxygen atoms in total. The van der Waals surface area contributed by atoms with E-state index in [-0.39, 0.29) is 5.97 Å². The minimum atomic E-state index is -0.186. The minimum absolute atomic E-state index is 0.186. The van der Waals surface area contributed by atoms with Gasteiger partial charge < -0.3 is 9.47 Å². The molecule has 1 aromatic heterocycles. The van der Waals surface area contributed by atoms with E-state index in [4.69, 9.17) is 4.74 Å². The van der Waals surface area contributed by atoms with Crippen molar-refractivity contribution in [3.63, 3.8) is 0 Å². The quantitative estimate of drug-likeness (QED) is 0.682. The van der Waals surface area contributed by atoms with Crippen LogP contribution in [-0.4, -0.2) is 49.8 Å². The van der Waals surface area contributed by atoms with E-state index in [0.29, 0.717) is 19.6 Å². The Morgan fingerprint density at radius 3 is 2.58 bits per heavy atom. The van der Waals surface area contributed by atoms with Crippen LogP contribution in [0, 0.1) is 13.8 Å². The molecule has 0 spiro atoms. The number of nitrogens with zero attached hydrogens (tertiary/aromatic N) is 2. The Balaban J connectivity index is 2.55. The molecule has 0 aliphatic carbocycles. The number of methoxy groups -OCH3 is 2. The van der Waals surface area contributed by atoms with E-state index < -0.39 is 0 Å². The first-order chi connectivity index (χ1) is 9.06. The molecule has 0 atom stereocenters. The van der Waals surface area contributed by atoms with Gasteiger partial charge in [0.15, 0.2) is 0 Å². The van der Waals surface area contributed by atoms with Crippen LogP contribution >= 0.6 is 11.3 Å². The summed E-state index contributed by atoms with van der Waals surface area (Å²) in [5.41, 5.74) is 1.08. The van der Waals surface area contributed by atoms with E-state index in [1.54, 1.807) is 18.4 Å². The highest BCUT2D eigenvalue weighted by Crippen LogP contribution is 2.18. The van der Waals surface area contributed by atoms with Crippen LogP contribution < -0.4 is 0 Å². The molecule has 19 heavy (non-hydrogen) atoms. The zero-order chi connectivity index (χ0) is 14.3. The average Bonchev–Trinajstić information content (AvgIpc) is 2.71. The van der Waals surface area contributed by atoms with E-state index in [2.05, 4.69) is 21.5 Å². The first-order valence-corrected chi connectivity index (χ1v) is 7.09. The SMILES string of the molecule is COCCN(CCC(=O)OC)Cc1nc(C)c(C)s1. The van der Waals surface area contributed by atoms with E-state index in [1.165, 1.54) is 12.0 Å². The van der Waals surface area contributed by atoms with Crippen molar-refractivity contribution >= 4 is 17.3 Å². The minimum Gasteiger partial charge on any atom is -0.469 e. The topological polar surface area (TPSA) is 51.7 Å². The second-order valence-corrected chi connectivity index (χ2v) is 5.63. The van der Waals surface area contributed by atoms with Gasteiger partial charge in [0.25, 0.3) is 0 Å². The van der Waals surface area contributed by atoms with E-state index >= 15 is 0 Å². The number of esters is 1. The third kappa shape index (κ3) is 5.67. The third-order valence-electron chi connectivity index (χ3n) is 2.90. The van der Waals surface area contributed by atoms with Crippen LogP contribution in [0.4, 0.5) is 0 Å². The molecule has 0 aliphatic heterocycles. The summed E-state index contributed by atoms with van der Waals surface area (Å²) in [4.78, 5) is 19.1. The summed E-state index contributed by atoms with van der Waals surface area (Å²) >= 11 is 1.71. The Labute approximate surface area is 118 Å². The molecule has 0 amide bonds. The maximum absolute atomic E-state index is 11.2. The zero-order valence-corrected chi connectivity index (χ0v) is 12.9. The summed E-state index contributed by atoms with van der Waals surface area (Å²) in [5.74, 6) is -0.186. The monoisotopic (exact) mass is 286 g/mol. The molecule has 0 aromatic carbocycles. The van der Waals surface area contributed by atoms with Gasteiger partial charge in [0.2, 0.25) is 0 Å². The van der Waals surface area contributed by atoms with Crippen molar-refractivity contribution in [3.05, 3.63) is 15.6 Å². The van der Waals surface area contributed by atoms with Crippen molar-refractivity contribution in [3.8, 4) is 0 Å². The molecule has 0 saturated heterocycles. The van der Waals surface area contributed by atoms with Crippen LogP contribution in [0.3, 0.4) is 0 Å². The summed E-state index contributed by atoms with van der Waals surface area (Å²) in [5, 5.41) is 1.08. The first-order valence-electron chi connectivity index (χ1n) is 6.27. The molecule has 0 radical (unpaired) electrons. The molecular formula is C13H22N2O3S. The van der Waals surface area contributed by atoms with Crippen molar-refractivity contribution in [2.75, 3.05) is 33.9 Å². The van der Waals surface area contributed by atoms with Crippen LogP contribution in [0.25, 0.3) is 0 Å². The molecule has 0 saturated carbocycles. The van der Waals surface area contributed by atoms with Crippen LogP contribution in [0.2, 0.25) is 0 Å². The molecule has 0 unspecified atom stereocenters. The molecule has 0 fully saturated rings. The summed E-state index contributed by atoms with van der Waals surface area (Å²) in [6.45, 7) is 6.93. The highest BCUT2D eigenvalue weighted by atomic mass is 32.1. The largest absolute Gasteiger partial charge is 0.469 e. The number of carbonyl (C=O) groups excluding carboxylic acids is 1. The molecular weight excluding hydrogens is 264 g/mol. The standard InChI is InChI=1S/C13H22N2O3S/c1-10-11(2)19-12(14-10)9-15(7-8-17-3)6-5-13(16)18-4/h5-9H2,1-4H3. The molecule has 6 heteroatoms. The normalized spacial score (nSPS) is 11.0. The van der Waals surface area contributed by atoms with Gasteiger partial charge >= 0.3 is 5.97 Å². The number of hydrogen-bond acceptors (Lipinski definition) is 6. The molecule has 1 aromatic rings. The Morgan fingerprint density at radius 2 is 2.05 bits per heavy atom. The predicted octanol–water partition coefficient (Wildman–Crippen LogP) is 1.77. The molecule has 0 N–H and O–H groups in total. The Kier molecular flexibility index (Phi) is 6.97. The Bertz CT molecular complexity index is 387. The smallest absolute Gasteiger partial charge is 0.306 e. The number of aryl methyl sites for hydroxylation is 2. The van der Waals surface area contributed by atoms with E-state index in [1.807, 2.05) is 6.92 Å². The lowest BCUT2D eigenvalue weighted by atomic mass is 10.3. The van der Waals surface area contributed by atoms with Crippen molar-refractivity contribution in [2.45, 2.75) is 26.8 Å². The van der Waals surface area contributed by atoms with E-state index in [0.717, 1.165) is 23.8 Å². The van der Waals surface area contributed by atoms with Gasteiger partial charge in [0.1, 0.15) is 5.01 Å². The Morgan fingerprint density at radius 1 is 1.32 bits per heavy atom. The van der Waals surface area contributed by atoms with Crippen molar-refractivity contribution in [1.82, 2.24) is 9.88 Å². The molecule has 1 heterocycles. The maximum atomic E-state index is 11.2. The number of aromatic nitrogens is 1. The summed E-state index contributed by atoms with van der Waals surface area (Å²) < 4.78 is 9.77. The van der Waals surface area contributed by atoms with Gasteiger partial charge in [-0.2, -0.15) is 0 Å². The second-order valence-electron chi connectivity index (χ2n) is 4.34. The summed E-state index contributed by atoms with van der Waals surface area (Å²) in [6.07, 6.45) is 0.392. The van der Waals surface area contributed by atoms with Crippen LogP contribution in [0.15, 0.2) is 0 Å². The van der Waals surface area contributed by atoms with Gasteiger partial charge in [-0.3, -0.25) is 9.69 Å². The predicted molar refractivity (Wildman–Crippen MR) is 75.4 cm³/mol. The van der Waals surface area contributed by atoms with Gasteiger partial charge in [-0.1, -0.05) is 0 Å². The Hall–Kier alpha value is -0.980. The number of hydrogen-bond donors (Lipinski definition) is 0.